The second kappa shape index (κ2) is 7.74. The Bertz CT molecular complexity index is 938. The van der Waals surface area contributed by atoms with E-state index in [4.69, 9.17) is 0 Å². The molecule has 5 nitrogen and oxygen atoms in total. The highest BCUT2D eigenvalue weighted by molar-refractivity contribution is 5.92. The molecule has 0 aliphatic carbocycles. The van der Waals surface area contributed by atoms with Gasteiger partial charge in [0.05, 0.1) is 12.0 Å². The number of benzene rings is 1. The molecule has 0 saturated carbocycles. The van der Waals surface area contributed by atoms with Crippen LogP contribution in [0, 0.1) is 13.8 Å². The lowest BCUT2D eigenvalue weighted by molar-refractivity contribution is 0.0684. The molecule has 0 saturated heterocycles. The molecule has 0 fully saturated rings. The zero-order valence-electron chi connectivity index (χ0n) is 16.6. The van der Waals surface area contributed by atoms with Crippen molar-refractivity contribution < 1.29 is 4.79 Å². The largest absolute Gasteiger partial charge is 0.340 e. The minimum absolute atomic E-state index is 0.0598. The summed E-state index contributed by atoms with van der Waals surface area (Å²) >= 11 is 0. The first-order valence-corrected chi connectivity index (χ1v) is 9.16. The number of hydrogen-bond donors (Lipinski definition) is 0. The van der Waals surface area contributed by atoms with Crippen LogP contribution in [0.4, 0.5) is 0 Å². The second-order valence-electron chi connectivity index (χ2n) is 7.38. The SMILES string of the molecule is Cc1cc(C)cc(-c2cc(CN(C(=O)c3cn(C)cn3)C(C)C)ccn2)c1. The highest BCUT2D eigenvalue weighted by atomic mass is 16.2. The lowest BCUT2D eigenvalue weighted by atomic mass is 10.0. The fraction of sp³-hybridized carbons (Fsp3) is 0.318. The van der Waals surface area contributed by atoms with Crippen LogP contribution in [0.15, 0.2) is 49.1 Å². The van der Waals surface area contributed by atoms with E-state index in [-0.39, 0.29) is 11.9 Å². The molecule has 140 valence electrons. The molecule has 0 bridgehead atoms. The summed E-state index contributed by atoms with van der Waals surface area (Å²) in [6.45, 7) is 8.74. The average molecular weight is 362 g/mol. The highest BCUT2D eigenvalue weighted by Gasteiger charge is 2.21. The molecule has 5 heteroatoms. The van der Waals surface area contributed by atoms with Crippen LogP contribution in [0.5, 0.6) is 0 Å². The number of hydrogen-bond acceptors (Lipinski definition) is 3. The molecular weight excluding hydrogens is 336 g/mol. The van der Waals surface area contributed by atoms with Gasteiger partial charge in [-0.1, -0.05) is 17.2 Å². The molecule has 2 aromatic heterocycles. The Morgan fingerprint density at radius 2 is 1.81 bits per heavy atom. The Kier molecular flexibility index (Phi) is 5.40. The first-order chi connectivity index (χ1) is 12.8. The molecule has 0 spiro atoms. The first kappa shape index (κ1) is 18.8. The van der Waals surface area contributed by atoms with E-state index < -0.39 is 0 Å². The van der Waals surface area contributed by atoms with Gasteiger partial charge in [-0.05, 0) is 57.5 Å². The third-order valence-electron chi connectivity index (χ3n) is 4.50. The molecule has 0 atom stereocenters. The molecule has 0 unspecified atom stereocenters. The van der Waals surface area contributed by atoms with Gasteiger partial charge in [0.1, 0.15) is 5.69 Å². The molecule has 27 heavy (non-hydrogen) atoms. The Morgan fingerprint density at radius 3 is 2.41 bits per heavy atom. The summed E-state index contributed by atoms with van der Waals surface area (Å²) < 4.78 is 1.79. The number of rotatable bonds is 5. The van der Waals surface area contributed by atoms with Crippen molar-refractivity contribution in [1.82, 2.24) is 19.4 Å². The van der Waals surface area contributed by atoms with Gasteiger partial charge in [0.15, 0.2) is 0 Å². The maximum absolute atomic E-state index is 12.9. The fourth-order valence-electron chi connectivity index (χ4n) is 3.21. The molecular formula is C22H26N4O. The highest BCUT2D eigenvalue weighted by Crippen LogP contribution is 2.22. The van der Waals surface area contributed by atoms with E-state index in [2.05, 4.69) is 48.1 Å². The van der Waals surface area contributed by atoms with Crippen LogP contribution in [-0.4, -0.2) is 31.4 Å². The molecule has 0 aliphatic heterocycles. The van der Waals surface area contributed by atoms with Gasteiger partial charge in [-0.25, -0.2) is 4.98 Å². The smallest absolute Gasteiger partial charge is 0.274 e. The van der Waals surface area contributed by atoms with Gasteiger partial charge < -0.3 is 9.47 Å². The van der Waals surface area contributed by atoms with Crippen LogP contribution >= 0.6 is 0 Å². The van der Waals surface area contributed by atoms with Crippen molar-refractivity contribution in [2.75, 3.05) is 0 Å². The molecule has 1 aromatic carbocycles. The van der Waals surface area contributed by atoms with Crippen molar-refractivity contribution in [2.45, 2.75) is 40.3 Å². The van der Waals surface area contributed by atoms with E-state index in [0.29, 0.717) is 12.2 Å². The summed E-state index contributed by atoms with van der Waals surface area (Å²) in [6.07, 6.45) is 5.22. The van der Waals surface area contributed by atoms with Crippen molar-refractivity contribution in [2.24, 2.45) is 7.05 Å². The average Bonchev–Trinajstić information content (AvgIpc) is 3.05. The van der Waals surface area contributed by atoms with Gasteiger partial charge in [0.2, 0.25) is 0 Å². The lowest BCUT2D eigenvalue weighted by Gasteiger charge is -2.26. The predicted molar refractivity (Wildman–Crippen MR) is 107 cm³/mol. The first-order valence-electron chi connectivity index (χ1n) is 9.16. The number of nitrogens with zero attached hydrogens (tertiary/aromatic N) is 4. The lowest BCUT2D eigenvalue weighted by Crippen LogP contribution is -2.36. The minimum Gasteiger partial charge on any atom is -0.340 e. The number of carbonyl (C=O) groups is 1. The Labute approximate surface area is 160 Å². The monoisotopic (exact) mass is 362 g/mol. The summed E-state index contributed by atoms with van der Waals surface area (Å²) in [5.74, 6) is -0.0598. The van der Waals surface area contributed by atoms with E-state index in [0.717, 1.165) is 16.8 Å². The van der Waals surface area contributed by atoms with Gasteiger partial charge in [-0.2, -0.15) is 0 Å². The van der Waals surface area contributed by atoms with E-state index in [1.807, 2.05) is 38.1 Å². The van der Waals surface area contributed by atoms with E-state index >= 15 is 0 Å². The number of imidazole rings is 1. The van der Waals surface area contributed by atoms with Crippen molar-refractivity contribution in [3.63, 3.8) is 0 Å². The third-order valence-corrected chi connectivity index (χ3v) is 4.50. The van der Waals surface area contributed by atoms with Crippen LogP contribution in [0.25, 0.3) is 11.3 Å². The second-order valence-corrected chi connectivity index (χ2v) is 7.38. The van der Waals surface area contributed by atoms with E-state index in [1.54, 1.807) is 17.1 Å². The summed E-state index contributed by atoms with van der Waals surface area (Å²) in [5.41, 5.74) is 5.97. The molecule has 0 radical (unpaired) electrons. The van der Waals surface area contributed by atoms with Crippen LogP contribution in [0.2, 0.25) is 0 Å². The van der Waals surface area contributed by atoms with E-state index in [9.17, 15) is 4.79 Å². The predicted octanol–water partition coefficient (Wildman–Crippen LogP) is 4.15. The third kappa shape index (κ3) is 4.42. The van der Waals surface area contributed by atoms with Crippen LogP contribution in [0.3, 0.4) is 0 Å². The maximum atomic E-state index is 12.9. The van der Waals surface area contributed by atoms with Gasteiger partial charge in [0, 0.05) is 37.6 Å². The Hall–Kier alpha value is -2.95. The van der Waals surface area contributed by atoms with Crippen molar-refractivity contribution in [3.05, 3.63) is 71.4 Å². The van der Waals surface area contributed by atoms with Gasteiger partial charge in [-0.15, -0.1) is 0 Å². The summed E-state index contributed by atoms with van der Waals surface area (Å²) in [6, 6.07) is 10.5. The Morgan fingerprint density at radius 1 is 1.11 bits per heavy atom. The number of aromatic nitrogens is 3. The molecule has 2 heterocycles. The van der Waals surface area contributed by atoms with E-state index in [1.165, 1.54) is 11.1 Å². The molecule has 3 aromatic rings. The van der Waals surface area contributed by atoms with Crippen molar-refractivity contribution in [1.29, 1.82) is 0 Å². The van der Waals surface area contributed by atoms with Crippen molar-refractivity contribution >= 4 is 5.91 Å². The normalized spacial score (nSPS) is 11.0. The minimum atomic E-state index is -0.0598. The van der Waals surface area contributed by atoms with Crippen LogP contribution in [0.1, 0.15) is 41.0 Å². The Balaban J connectivity index is 1.88. The van der Waals surface area contributed by atoms with Gasteiger partial charge in [-0.3, -0.25) is 9.78 Å². The summed E-state index contributed by atoms with van der Waals surface area (Å²) in [4.78, 5) is 23.5. The molecule has 0 N–H and O–H groups in total. The maximum Gasteiger partial charge on any atom is 0.274 e. The zero-order chi connectivity index (χ0) is 19.6. The van der Waals surface area contributed by atoms with Gasteiger partial charge in [0.25, 0.3) is 5.91 Å². The standard InChI is InChI=1S/C22H26N4O/c1-15(2)26(22(27)21-13-25(5)14-24-21)12-18-6-7-23-20(11-18)19-9-16(3)8-17(4)10-19/h6-11,13-15H,12H2,1-5H3. The quantitative estimate of drug-likeness (QED) is 0.685. The van der Waals surface area contributed by atoms with Crippen molar-refractivity contribution in [3.8, 4) is 11.3 Å². The fourth-order valence-corrected chi connectivity index (χ4v) is 3.21. The summed E-state index contributed by atoms with van der Waals surface area (Å²) in [5, 5.41) is 0. The number of pyridine rings is 1. The number of carbonyl (C=O) groups excluding carboxylic acids is 1. The van der Waals surface area contributed by atoms with Gasteiger partial charge >= 0.3 is 0 Å². The van der Waals surface area contributed by atoms with Crippen LogP contribution < -0.4 is 0 Å². The topological polar surface area (TPSA) is 51.0 Å². The number of aryl methyl sites for hydroxylation is 3. The zero-order valence-corrected chi connectivity index (χ0v) is 16.6. The number of amides is 1. The molecule has 1 amide bonds. The summed E-state index contributed by atoms with van der Waals surface area (Å²) in [7, 11) is 1.86. The molecule has 3 rings (SSSR count). The molecule has 0 aliphatic rings. The van der Waals surface area contributed by atoms with Crippen LogP contribution in [-0.2, 0) is 13.6 Å².